The maximum absolute atomic E-state index is 9.10. The fraction of sp³-hybridized carbons (Fsp3) is 0.273. The lowest BCUT2D eigenvalue weighted by Gasteiger charge is -2.36. The number of benzene rings is 2. The summed E-state index contributed by atoms with van der Waals surface area (Å²) in [5.41, 5.74) is 2.54. The SMILES string of the molecule is Clc1cccc(Cl)c1SCCN1CCN(c2cccc3[nH]ccc23)CC1.O=C(O)C(=O)O. The lowest BCUT2D eigenvalue weighted by atomic mass is 10.2. The molecule has 0 unspecified atom stereocenters. The number of aliphatic carboxylic acids is 2. The number of carboxylic acids is 2. The maximum atomic E-state index is 9.10. The van der Waals surface area contributed by atoms with Crippen molar-refractivity contribution in [3.8, 4) is 0 Å². The highest BCUT2D eigenvalue weighted by atomic mass is 35.5. The summed E-state index contributed by atoms with van der Waals surface area (Å²) in [6, 6.07) is 14.3. The minimum Gasteiger partial charge on any atom is -0.473 e. The number of nitrogens with one attached hydrogen (secondary N) is 1. The van der Waals surface area contributed by atoms with Gasteiger partial charge in [0.1, 0.15) is 0 Å². The van der Waals surface area contributed by atoms with Gasteiger partial charge in [0.05, 0.1) is 10.0 Å². The van der Waals surface area contributed by atoms with Crippen LogP contribution in [0.4, 0.5) is 5.69 Å². The smallest absolute Gasteiger partial charge is 0.414 e. The number of rotatable bonds is 5. The molecule has 1 aromatic heterocycles. The van der Waals surface area contributed by atoms with Crippen LogP contribution in [0.25, 0.3) is 10.9 Å². The molecule has 0 radical (unpaired) electrons. The van der Waals surface area contributed by atoms with Crippen molar-refractivity contribution in [3.63, 3.8) is 0 Å². The molecule has 0 aliphatic carbocycles. The molecule has 1 fully saturated rings. The monoisotopic (exact) mass is 495 g/mol. The molecule has 3 N–H and O–H groups in total. The van der Waals surface area contributed by atoms with Crippen molar-refractivity contribution >= 4 is 63.5 Å². The van der Waals surface area contributed by atoms with Crippen LogP contribution < -0.4 is 4.90 Å². The zero-order valence-corrected chi connectivity index (χ0v) is 19.5. The Balaban J connectivity index is 0.000000427. The maximum Gasteiger partial charge on any atom is 0.414 e. The van der Waals surface area contributed by atoms with Crippen LogP contribution in [0.5, 0.6) is 0 Å². The Kier molecular flexibility index (Phi) is 8.69. The lowest BCUT2D eigenvalue weighted by Crippen LogP contribution is -2.47. The summed E-state index contributed by atoms with van der Waals surface area (Å²) in [5.74, 6) is -2.65. The van der Waals surface area contributed by atoms with Crippen molar-refractivity contribution in [2.45, 2.75) is 4.90 Å². The van der Waals surface area contributed by atoms with Crippen molar-refractivity contribution in [3.05, 3.63) is 58.7 Å². The summed E-state index contributed by atoms with van der Waals surface area (Å²) in [7, 11) is 0. The zero-order chi connectivity index (χ0) is 23.1. The third kappa shape index (κ3) is 6.32. The zero-order valence-electron chi connectivity index (χ0n) is 17.1. The van der Waals surface area contributed by atoms with Crippen molar-refractivity contribution in [2.24, 2.45) is 0 Å². The Labute approximate surface area is 199 Å². The minimum atomic E-state index is -1.82. The van der Waals surface area contributed by atoms with Crippen LogP contribution in [0, 0.1) is 0 Å². The van der Waals surface area contributed by atoms with Crippen molar-refractivity contribution in [1.82, 2.24) is 9.88 Å². The van der Waals surface area contributed by atoms with Crippen LogP contribution in [0.15, 0.2) is 53.6 Å². The molecule has 170 valence electrons. The molecule has 0 atom stereocenters. The first kappa shape index (κ1) is 24.3. The molecular weight excluding hydrogens is 473 g/mol. The largest absolute Gasteiger partial charge is 0.473 e. The summed E-state index contributed by atoms with van der Waals surface area (Å²) in [4.78, 5) is 27.5. The van der Waals surface area contributed by atoms with Gasteiger partial charge in [-0.05, 0) is 30.3 Å². The Morgan fingerprint density at radius 3 is 2.19 bits per heavy atom. The number of carbonyl (C=O) groups is 2. The van der Waals surface area contributed by atoms with Gasteiger partial charge < -0.3 is 20.1 Å². The van der Waals surface area contributed by atoms with Crippen LogP contribution in [-0.2, 0) is 9.59 Å². The van der Waals surface area contributed by atoms with Crippen molar-refractivity contribution < 1.29 is 19.8 Å². The normalized spacial score (nSPS) is 14.1. The van der Waals surface area contributed by atoms with E-state index in [4.69, 9.17) is 43.0 Å². The number of aromatic amines is 1. The van der Waals surface area contributed by atoms with Gasteiger partial charge in [-0.2, -0.15) is 0 Å². The van der Waals surface area contributed by atoms with Gasteiger partial charge in [-0.25, -0.2) is 9.59 Å². The Hall–Kier alpha value is -2.39. The first-order chi connectivity index (χ1) is 15.4. The molecule has 2 aromatic carbocycles. The van der Waals surface area contributed by atoms with E-state index in [2.05, 4.69) is 39.0 Å². The van der Waals surface area contributed by atoms with E-state index in [-0.39, 0.29) is 0 Å². The molecule has 0 spiro atoms. The molecule has 1 saturated heterocycles. The highest BCUT2D eigenvalue weighted by molar-refractivity contribution is 7.99. The molecule has 4 rings (SSSR count). The number of piperazine rings is 1. The van der Waals surface area contributed by atoms with Gasteiger partial charge in [0.15, 0.2) is 0 Å². The quantitative estimate of drug-likeness (QED) is 0.353. The average Bonchev–Trinajstić information content (AvgIpc) is 3.26. The van der Waals surface area contributed by atoms with E-state index < -0.39 is 11.9 Å². The highest BCUT2D eigenvalue weighted by Gasteiger charge is 2.19. The van der Waals surface area contributed by atoms with E-state index in [0.717, 1.165) is 53.4 Å². The summed E-state index contributed by atoms with van der Waals surface area (Å²) < 4.78 is 0. The second-order valence-electron chi connectivity index (χ2n) is 7.05. The van der Waals surface area contributed by atoms with Gasteiger partial charge in [-0.1, -0.05) is 35.3 Å². The van der Waals surface area contributed by atoms with E-state index in [1.165, 1.54) is 16.6 Å². The number of nitrogens with zero attached hydrogens (tertiary/aromatic N) is 2. The molecule has 32 heavy (non-hydrogen) atoms. The van der Waals surface area contributed by atoms with Crippen LogP contribution in [0.2, 0.25) is 10.0 Å². The van der Waals surface area contributed by atoms with Crippen LogP contribution in [0.1, 0.15) is 0 Å². The standard InChI is InChI=1S/C20H21Cl2N3S.C2H2O4/c21-16-3-1-4-17(22)20(16)26-14-13-24-9-11-25(12-10-24)19-6-2-5-18-15(19)7-8-23-18;3-1(4)2(5)6/h1-8,23H,9-14H2;(H,3,4)(H,5,6). The van der Waals surface area contributed by atoms with E-state index >= 15 is 0 Å². The fourth-order valence-electron chi connectivity index (χ4n) is 3.45. The number of anilines is 1. The molecule has 1 aliphatic heterocycles. The lowest BCUT2D eigenvalue weighted by molar-refractivity contribution is -0.159. The number of H-pyrrole nitrogens is 1. The topological polar surface area (TPSA) is 96.9 Å². The fourth-order valence-corrected chi connectivity index (χ4v) is 5.14. The molecule has 7 nitrogen and oxygen atoms in total. The third-order valence-electron chi connectivity index (χ3n) is 5.04. The van der Waals surface area contributed by atoms with E-state index in [1.54, 1.807) is 11.8 Å². The molecule has 3 aromatic rings. The van der Waals surface area contributed by atoms with Gasteiger partial charge in [0.25, 0.3) is 0 Å². The summed E-state index contributed by atoms with van der Waals surface area (Å²) in [6.07, 6.45) is 2.02. The molecule has 0 bridgehead atoms. The highest BCUT2D eigenvalue weighted by Crippen LogP contribution is 2.34. The Morgan fingerprint density at radius 2 is 1.56 bits per heavy atom. The second kappa shape index (κ2) is 11.5. The minimum absolute atomic E-state index is 0.743. The van der Waals surface area contributed by atoms with Crippen LogP contribution >= 0.6 is 35.0 Å². The van der Waals surface area contributed by atoms with Crippen LogP contribution in [0.3, 0.4) is 0 Å². The second-order valence-corrected chi connectivity index (χ2v) is 8.97. The molecule has 1 aliphatic rings. The van der Waals surface area contributed by atoms with E-state index in [9.17, 15) is 0 Å². The molecule has 2 heterocycles. The van der Waals surface area contributed by atoms with E-state index in [1.807, 2.05) is 24.4 Å². The number of carboxylic acid groups (broad SMARTS) is 2. The molecular formula is C22H23Cl2N3O4S. The van der Waals surface area contributed by atoms with Crippen molar-refractivity contribution in [1.29, 1.82) is 0 Å². The predicted octanol–water partition coefficient (Wildman–Crippen LogP) is 4.54. The first-order valence-electron chi connectivity index (χ1n) is 9.93. The van der Waals surface area contributed by atoms with Crippen LogP contribution in [-0.4, -0.2) is 70.5 Å². The number of thioether (sulfide) groups is 1. The van der Waals surface area contributed by atoms with Gasteiger partial charge in [-0.3, -0.25) is 4.90 Å². The van der Waals surface area contributed by atoms with Gasteiger partial charge in [0, 0.05) is 66.2 Å². The number of aromatic nitrogens is 1. The average molecular weight is 496 g/mol. The third-order valence-corrected chi connectivity index (χ3v) is 7.01. The summed E-state index contributed by atoms with van der Waals surface area (Å²) in [6.45, 7) is 5.33. The summed E-state index contributed by atoms with van der Waals surface area (Å²) in [5, 5.41) is 17.6. The predicted molar refractivity (Wildman–Crippen MR) is 129 cm³/mol. The molecule has 0 amide bonds. The summed E-state index contributed by atoms with van der Waals surface area (Å²) >= 11 is 14.2. The Bertz CT molecular complexity index is 1050. The van der Waals surface area contributed by atoms with Crippen molar-refractivity contribution in [2.75, 3.05) is 43.4 Å². The number of hydrogen-bond donors (Lipinski definition) is 3. The van der Waals surface area contributed by atoms with E-state index in [0.29, 0.717) is 0 Å². The van der Waals surface area contributed by atoms with Gasteiger partial charge in [0.2, 0.25) is 0 Å². The van der Waals surface area contributed by atoms with Gasteiger partial charge in [-0.15, -0.1) is 11.8 Å². The number of fused-ring (bicyclic) bond motifs is 1. The Morgan fingerprint density at radius 1 is 0.938 bits per heavy atom. The first-order valence-corrected chi connectivity index (χ1v) is 11.7. The van der Waals surface area contributed by atoms with Gasteiger partial charge >= 0.3 is 11.9 Å². The number of halogens is 2. The number of hydrogen-bond acceptors (Lipinski definition) is 5. The molecule has 0 saturated carbocycles. The molecule has 10 heteroatoms.